The van der Waals surface area contributed by atoms with E-state index in [0.717, 1.165) is 20.4 Å². The molecule has 0 aliphatic rings. The average molecular weight is 350 g/mol. The molecule has 0 unspecified atom stereocenters. The lowest BCUT2D eigenvalue weighted by molar-refractivity contribution is 1.47. The van der Waals surface area contributed by atoms with Crippen LogP contribution in [0.3, 0.4) is 0 Å². The Kier molecular flexibility index (Phi) is 2.80. The van der Waals surface area contributed by atoms with E-state index in [-0.39, 0.29) is 10.9 Å². The number of aromatic nitrogens is 2. The van der Waals surface area contributed by atoms with E-state index >= 15 is 0 Å². The monoisotopic (exact) mass is 350 g/mol. The largest absolute Gasteiger partial charge is 0.350 e. The summed E-state index contributed by atoms with van der Waals surface area (Å²) < 4.78 is 2.82. The highest BCUT2D eigenvalue weighted by atomic mass is 32.1. The Hall–Kier alpha value is -2.70. The number of hydrogen-bond acceptors (Lipinski definition) is 4. The van der Waals surface area contributed by atoms with E-state index in [9.17, 15) is 9.59 Å². The molecule has 0 amide bonds. The fraction of sp³-hybridized carbons (Fsp3) is 0. The highest BCUT2D eigenvalue weighted by Crippen LogP contribution is 2.26. The standard InChI is InChI=1S/C18H10N2O2S2/c21-15-13-17(23-11-7-3-1-5-9(11)19-13)16(22)14-18(15)24-12-8-4-2-6-10(12)20-14/h1-8,19-20H. The molecule has 0 aliphatic heterocycles. The molecule has 2 N–H and O–H groups in total. The summed E-state index contributed by atoms with van der Waals surface area (Å²) in [6, 6.07) is 15.4. The van der Waals surface area contributed by atoms with Gasteiger partial charge in [0.2, 0.25) is 10.9 Å². The van der Waals surface area contributed by atoms with E-state index in [1.165, 1.54) is 22.7 Å². The third-order valence-electron chi connectivity index (χ3n) is 4.04. The first-order valence-electron chi connectivity index (χ1n) is 7.38. The summed E-state index contributed by atoms with van der Waals surface area (Å²) in [6.45, 7) is 0. The zero-order valence-electron chi connectivity index (χ0n) is 12.3. The van der Waals surface area contributed by atoms with E-state index in [1.54, 1.807) is 0 Å². The van der Waals surface area contributed by atoms with Crippen molar-refractivity contribution in [1.82, 2.24) is 9.97 Å². The van der Waals surface area contributed by atoms with E-state index in [4.69, 9.17) is 0 Å². The Morgan fingerprint density at radius 3 is 1.50 bits per heavy atom. The molecule has 2 heterocycles. The Bertz CT molecular complexity index is 1190. The zero-order chi connectivity index (χ0) is 16.3. The van der Waals surface area contributed by atoms with Gasteiger partial charge in [0.25, 0.3) is 0 Å². The number of fused-ring (bicyclic) bond motifs is 4. The number of hydrogen-bond donors (Lipinski definition) is 2. The van der Waals surface area contributed by atoms with Gasteiger partial charge in [-0.3, -0.25) is 9.59 Å². The molecule has 4 nitrogen and oxygen atoms in total. The Morgan fingerprint density at radius 1 is 0.625 bits per heavy atom. The molecule has 0 fully saturated rings. The third kappa shape index (κ3) is 1.84. The Labute approximate surface area is 142 Å². The van der Waals surface area contributed by atoms with Gasteiger partial charge in [-0.1, -0.05) is 24.3 Å². The van der Waals surface area contributed by atoms with Gasteiger partial charge < -0.3 is 9.97 Å². The predicted molar refractivity (Wildman–Crippen MR) is 102 cm³/mol. The van der Waals surface area contributed by atoms with Crippen molar-refractivity contribution in [3.63, 3.8) is 0 Å². The average Bonchev–Trinajstić information content (AvgIpc) is 2.64. The second-order valence-electron chi connectivity index (χ2n) is 5.51. The number of nitrogens with one attached hydrogen (secondary N) is 2. The smallest absolute Gasteiger partial charge is 0.222 e. The molecular formula is C18H10N2O2S2. The van der Waals surface area contributed by atoms with E-state index in [1.807, 2.05) is 48.5 Å². The van der Waals surface area contributed by atoms with Crippen LogP contribution in [0.15, 0.2) is 58.1 Å². The minimum atomic E-state index is -0.131. The van der Waals surface area contributed by atoms with Gasteiger partial charge in [0.1, 0.15) is 20.4 Å². The topological polar surface area (TPSA) is 65.7 Å². The minimum Gasteiger partial charge on any atom is -0.350 e. The lowest BCUT2D eigenvalue weighted by Gasteiger charge is -2.05. The van der Waals surface area contributed by atoms with Crippen molar-refractivity contribution in [1.29, 1.82) is 0 Å². The van der Waals surface area contributed by atoms with Gasteiger partial charge in [0.15, 0.2) is 0 Å². The van der Waals surface area contributed by atoms with E-state index < -0.39 is 0 Å². The SMILES string of the molecule is O=c1c2[nH]c3ccccc3sc2c(=O)c2[nH]c3ccccc3sc12. The van der Waals surface area contributed by atoms with Gasteiger partial charge in [0.05, 0.1) is 20.4 Å². The number of aromatic amines is 2. The van der Waals surface area contributed by atoms with Crippen LogP contribution < -0.4 is 10.9 Å². The lowest BCUT2D eigenvalue weighted by atomic mass is 10.2. The summed E-state index contributed by atoms with van der Waals surface area (Å²) in [5.41, 5.74) is 2.23. The first kappa shape index (κ1) is 13.7. The van der Waals surface area contributed by atoms with E-state index in [2.05, 4.69) is 9.97 Å². The maximum Gasteiger partial charge on any atom is 0.222 e. The van der Waals surface area contributed by atoms with Crippen molar-refractivity contribution in [2.75, 3.05) is 0 Å². The molecule has 6 heteroatoms. The van der Waals surface area contributed by atoms with Crippen LogP contribution in [0.4, 0.5) is 0 Å². The van der Waals surface area contributed by atoms with Crippen LogP contribution in [0, 0.1) is 0 Å². The molecule has 0 aliphatic carbocycles. The van der Waals surface area contributed by atoms with Gasteiger partial charge in [-0.15, -0.1) is 22.7 Å². The molecule has 0 atom stereocenters. The summed E-state index contributed by atoms with van der Waals surface area (Å²) in [5.74, 6) is 0. The van der Waals surface area contributed by atoms with Crippen molar-refractivity contribution in [2.24, 2.45) is 0 Å². The predicted octanol–water partition coefficient (Wildman–Crippen LogP) is 4.36. The van der Waals surface area contributed by atoms with Crippen LogP contribution in [0.1, 0.15) is 0 Å². The van der Waals surface area contributed by atoms with Crippen LogP contribution in [0.2, 0.25) is 0 Å². The summed E-state index contributed by atoms with van der Waals surface area (Å²) in [7, 11) is 0. The number of rotatable bonds is 0. The fourth-order valence-corrected chi connectivity index (χ4v) is 4.96. The first-order chi connectivity index (χ1) is 11.7. The normalized spacial score (nSPS) is 11.7. The summed E-state index contributed by atoms with van der Waals surface area (Å²) in [6.07, 6.45) is 0. The third-order valence-corrected chi connectivity index (χ3v) is 6.38. The highest BCUT2D eigenvalue weighted by molar-refractivity contribution is 7.25. The second kappa shape index (κ2) is 4.90. The molecule has 5 aromatic rings. The first-order valence-corrected chi connectivity index (χ1v) is 9.01. The molecular weight excluding hydrogens is 340 g/mol. The summed E-state index contributed by atoms with van der Waals surface area (Å²) in [5, 5.41) is 0. The van der Waals surface area contributed by atoms with Crippen LogP contribution in [0.25, 0.3) is 40.9 Å². The fourth-order valence-electron chi connectivity index (χ4n) is 2.89. The molecule has 24 heavy (non-hydrogen) atoms. The minimum absolute atomic E-state index is 0.131. The van der Waals surface area contributed by atoms with Crippen LogP contribution in [-0.2, 0) is 0 Å². The highest BCUT2D eigenvalue weighted by Gasteiger charge is 2.14. The van der Waals surface area contributed by atoms with Crippen LogP contribution in [-0.4, -0.2) is 9.97 Å². The van der Waals surface area contributed by atoms with Crippen molar-refractivity contribution in [3.05, 3.63) is 69.0 Å². The van der Waals surface area contributed by atoms with Crippen molar-refractivity contribution < 1.29 is 0 Å². The molecule has 0 saturated carbocycles. The molecule has 0 radical (unpaired) electrons. The maximum absolute atomic E-state index is 13.0. The van der Waals surface area contributed by atoms with Crippen molar-refractivity contribution >= 4 is 63.5 Å². The number of benzene rings is 3. The van der Waals surface area contributed by atoms with E-state index in [0.29, 0.717) is 20.4 Å². The second-order valence-corrected chi connectivity index (χ2v) is 7.62. The molecule has 5 rings (SSSR count). The van der Waals surface area contributed by atoms with Gasteiger partial charge in [-0.2, -0.15) is 0 Å². The number of para-hydroxylation sites is 2. The summed E-state index contributed by atoms with van der Waals surface area (Å²) >= 11 is 2.71. The Balaban J connectivity index is 2.09. The maximum atomic E-state index is 13.0. The zero-order valence-corrected chi connectivity index (χ0v) is 13.9. The van der Waals surface area contributed by atoms with Crippen molar-refractivity contribution in [3.8, 4) is 0 Å². The lowest BCUT2D eigenvalue weighted by Crippen LogP contribution is -2.14. The van der Waals surface area contributed by atoms with Gasteiger partial charge >= 0.3 is 0 Å². The molecule has 0 saturated heterocycles. The van der Waals surface area contributed by atoms with Crippen LogP contribution in [0.5, 0.6) is 0 Å². The quantitative estimate of drug-likeness (QED) is 0.408. The number of H-pyrrole nitrogens is 2. The molecule has 3 aromatic carbocycles. The van der Waals surface area contributed by atoms with Gasteiger partial charge in [-0.05, 0) is 24.3 Å². The Morgan fingerprint density at radius 2 is 1.04 bits per heavy atom. The summed E-state index contributed by atoms with van der Waals surface area (Å²) in [4.78, 5) is 32.2. The van der Waals surface area contributed by atoms with Gasteiger partial charge in [0, 0.05) is 0 Å². The van der Waals surface area contributed by atoms with Gasteiger partial charge in [-0.25, -0.2) is 0 Å². The molecule has 0 bridgehead atoms. The molecule has 0 spiro atoms. The van der Waals surface area contributed by atoms with Crippen molar-refractivity contribution in [2.45, 2.75) is 0 Å². The van der Waals surface area contributed by atoms with Crippen LogP contribution >= 0.6 is 22.7 Å². The molecule has 116 valence electrons. The molecule has 2 aromatic heterocycles.